The largest absolute Gasteiger partial charge is 0.497 e. The number of aldehydes is 1. The minimum absolute atomic E-state index is 0.267. The number of hydrogen-bond acceptors (Lipinski definition) is 10. The summed E-state index contributed by atoms with van der Waals surface area (Å²) in [6.07, 6.45) is 1.09. The van der Waals surface area contributed by atoms with Crippen molar-refractivity contribution in [3.05, 3.63) is 118 Å². The third kappa shape index (κ3) is 6.27. The van der Waals surface area contributed by atoms with E-state index in [1.54, 1.807) is 82.0 Å². The molecule has 10 nitrogen and oxygen atoms in total. The Bertz CT molecular complexity index is 1890. The third-order valence-corrected chi connectivity index (χ3v) is 7.57. The summed E-state index contributed by atoms with van der Waals surface area (Å²) in [6.45, 7) is 3.85. The summed E-state index contributed by atoms with van der Waals surface area (Å²) >= 11 is 0. The monoisotopic (exact) mass is 608 g/mol. The molecule has 1 unspecified atom stereocenters. The molecule has 1 atom stereocenters. The summed E-state index contributed by atoms with van der Waals surface area (Å²) in [5.74, 6) is -0.392. The number of carbonyl (C=O) groups excluding carboxylic acids is 2. The van der Waals surface area contributed by atoms with Crippen molar-refractivity contribution in [3.8, 4) is 17.2 Å². The number of nitrogens with zero attached hydrogens (tertiary/aromatic N) is 2. The number of aryl methyl sites for hydroxylation is 2. The Morgan fingerprint density at radius 2 is 1.47 bits per heavy atom. The molecule has 1 aliphatic rings. The van der Waals surface area contributed by atoms with Crippen LogP contribution in [-0.2, 0) is 21.7 Å². The zero-order chi connectivity index (χ0) is 32.1. The Balaban J connectivity index is 0.000000309. The van der Waals surface area contributed by atoms with Gasteiger partial charge >= 0.3 is 5.97 Å². The van der Waals surface area contributed by atoms with Gasteiger partial charge < -0.3 is 24.1 Å². The highest BCUT2D eigenvalue weighted by molar-refractivity contribution is 6.20. The average Bonchev–Trinajstić information content (AvgIpc) is 3.62. The Morgan fingerprint density at radius 3 is 2.09 bits per heavy atom. The number of methoxy groups -OCH3 is 3. The maximum atomic E-state index is 13.2. The van der Waals surface area contributed by atoms with E-state index in [1.807, 2.05) is 32.0 Å². The highest BCUT2D eigenvalue weighted by Crippen LogP contribution is 2.45. The topological polar surface area (TPSA) is 130 Å². The molecular weight excluding hydrogens is 576 g/mol. The number of cyclic esters (lactones) is 1. The van der Waals surface area contributed by atoms with E-state index in [1.165, 1.54) is 0 Å². The summed E-state index contributed by atoms with van der Waals surface area (Å²) < 4.78 is 26.1. The zero-order valence-corrected chi connectivity index (χ0v) is 25.5. The van der Waals surface area contributed by atoms with Gasteiger partial charge in [-0.15, -0.1) is 0 Å². The number of esters is 1. The highest BCUT2D eigenvalue weighted by atomic mass is 16.7. The summed E-state index contributed by atoms with van der Waals surface area (Å²) in [6, 6.07) is 23.0. The first-order valence-corrected chi connectivity index (χ1v) is 14.0. The average molecular weight is 609 g/mol. The van der Waals surface area contributed by atoms with Crippen LogP contribution in [0, 0.1) is 13.8 Å². The van der Waals surface area contributed by atoms with Crippen LogP contribution in [0.2, 0.25) is 0 Å². The molecule has 10 heteroatoms. The number of benzene rings is 4. The van der Waals surface area contributed by atoms with Gasteiger partial charge in [0.1, 0.15) is 34.6 Å². The van der Waals surface area contributed by atoms with Gasteiger partial charge in [-0.3, -0.25) is 4.79 Å². The Morgan fingerprint density at radius 1 is 0.800 bits per heavy atom. The second-order valence-electron chi connectivity index (χ2n) is 10.4. The first-order valence-electron chi connectivity index (χ1n) is 14.0. The van der Waals surface area contributed by atoms with Crippen LogP contribution in [-0.4, -0.2) is 49.0 Å². The van der Waals surface area contributed by atoms with Gasteiger partial charge in [-0.1, -0.05) is 18.2 Å². The van der Waals surface area contributed by atoms with Crippen molar-refractivity contribution in [1.29, 1.82) is 0 Å². The Hall–Kier alpha value is -5.48. The van der Waals surface area contributed by atoms with Gasteiger partial charge in [-0.2, -0.15) is 0 Å². The third-order valence-electron chi connectivity index (χ3n) is 7.57. The second-order valence-corrected chi connectivity index (χ2v) is 10.4. The van der Waals surface area contributed by atoms with Crippen molar-refractivity contribution >= 4 is 28.9 Å². The smallest absolute Gasteiger partial charge is 0.342 e. The Kier molecular flexibility index (Phi) is 8.96. The predicted molar refractivity (Wildman–Crippen MR) is 166 cm³/mol. The lowest BCUT2D eigenvalue weighted by Gasteiger charge is -2.26. The number of ether oxygens (including phenoxy) is 4. The van der Waals surface area contributed by atoms with Crippen LogP contribution < -0.4 is 14.2 Å². The zero-order valence-electron chi connectivity index (χ0n) is 25.5. The lowest BCUT2D eigenvalue weighted by Crippen LogP contribution is -2.29. The molecule has 1 N–H and O–H groups in total. The molecule has 0 fully saturated rings. The van der Waals surface area contributed by atoms with E-state index in [2.05, 4.69) is 10.3 Å². The van der Waals surface area contributed by atoms with Crippen molar-refractivity contribution < 1.29 is 38.3 Å². The van der Waals surface area contributed by atoms with E-state index in [9.17, 15) is 14.7 Å². The van der Waals surface area contributed by atoms with Gasteiger partial charge in [0.15, 0.2) is 0 Å². The molecule has 2 heterocycles. The van der Waals surface area contributed by atoms with E-state index in [0.29, 0.717) is 39.0 Å². The summed E-state index contributed by atoms with van der Waals surface area (Å²) in [7, 11) is 4.79. The first kappa shape index (κ1) is 31.0. The van der Waals surface area contributed by atoms with Gasteiger partial charge in [-0.25, -0.2) is 9.42 Å². The number of fused-ring (bicyclic) bond motifs is 1. The van der Waals surface area contributed by atoms with E-state index >= 15 is 0 Å². The van der Waals surface area contributed by atoms with E-state index in [0.717, 1.165) is 34.5 Å². The fourth-order valence-corrected chi connectivity index (χ4v) is 5.26. The van der Waals surface area contributed by atoms with Crippen LogP contribution in [0.4, 0.5) is 0 Å². The number of aromatic nitrogens is 2. The van der Waals surface area contributed by atoms with Crippen molar-refractivity contribution in [2.75, 3.05) is 21.3 Å². The Labute approximate surface area is 259 Å². The van der Waals surface area contributed by atoms with Gasteiger partial charge in [0.2, 0.25) is 0 Å². The summed E-state index contributed by atoms with van der Waals surface area (Å²) in [5, 5.41) is 19.5. The fraction of sp³-hybridized carbons (Fsp3) is 0.200. The standard InChI is InChI=1S/C26H22N2O6.C9H10O2/c1-15-12-16(4-11-23(15)32-3)13-20-24(17-5-10-21-22(14-17)28-34-27-21)25(29)33-26(20,30)18-6-8-19(31-2)9-7-18;1-7-5-8(6-10)3-4-9(7)11-2/h4-12,14,30H,13H2,1-3H3;3-6H,1-2H3. The second kappa shape index (κ2) is 13.0. The van der Waals surface area contributed by atoms with E-state index < -0.39 is 11.8 Å². The number of aliphatic hydroxyl groups is 1. The summed E-state index contributed by atoms with van der Waals surface area (Å²) in [4.78, 5) is 23.5. The van der Waals surface area contributed by atoms with Gasteiger partial charge in [0.25, 0.3) is 5.79 Å². The molecule has 0 saturated carbocycles. The normalized spacial score (nSPS) is 15.7. The first-order chi connectivity index (χ1) is 21.7. The lowest BCUT2D eigenvalue weighted by molar-refractivity contribution is -0.185. The van der Waals surface area contributed by atoms with Crippen molar-refractivity contribution in [2.24, 2.45) is 0 Å². The molecule has 0 amide bonds. The van der Waals surface area contributed by atoms with Gasteiger partial charge in [-0.05, 0) is 107 Å². The van der Waals surface area contributed by atoms with Crippen molar-refractivity contribution in [1.82, 2.24) is 10.3 Å². The van der Waals surface area contributed by atoms with Gasteiger partial charge in [0.05, 0.1) is 26.9 Å². The van der Waals surface area contributed by atoms with Crippen LogP contribution >= 0.6 is 0 Å². The molecule has 0 saturated heterocycles. The number of hydrogen-bond donors (Lipinski definition) is 1. The lowest BCUT2D eigenvalue weighted by atomic mass is 9.87. The van der Waals surface area contributed by atoms with E-state index in [4.69, 9.17) is 23.6 Å². The minimum atomic E-state index is -1.95. The molecule has 6 rings (SSSR count). The van der Waals surface area contributed by atoms with Gasteiger partial charge in [0, 0.05) is 23.1 Å². The predicted octanol–water partition coefficient (Wildman–Crippen LogP) is 5.76. The van der Waals surface area contributed by atoms with E-state index in [-0.39, 0.29) is 12.0 Å². The van der Waals surface area contributed by atoms with Crippen molar-refractivity contribution in [3.63, 3.8) is 0 Å². The molecule has 0 bridgehead atoms. The SMILES string of the molecule is COc1ccc(C2(O)OC(=O)C(c3ccc4nonc4c3)=C2Cc2ccc(OC)c(C)c2)cc1.COc1ccc(C=O)cc1C. The van der Waals surface area contributed by atoms with Crippen LogP contribution in [0.15, 0.2) is 89.1 Å². The molecule has 4 aromatic carbocycles. The fourth-order valence-electron chi connectivity index (χ4n) is 5.26. The summed E-state index contributed by atoms with van der Waals surface area (Å²) in [5.41, 5.74) is 6.22. The number of carbonyl (C=O) groups is 2. The molecule has 0 aliphatic carbocycles. The maximum Gasteiger partial charge on any atom is 0.342 e. The van der Waals surface area contributed by atoms with Crippen LogP contribution in [0.3, 0.4) is 0 Å². The molecular formula is C35H32N2O8. The van der Waals surface area contributed by atoms with Crippen LogP contribution in [0.1, 0.15) is 38.2 Å². The molecule has 1 aromatic heterocycles. The molecule has 230 valence electrons. The quantitative estimate of drug-likeness (QED) is 0.171. The highest BCUT2D eigenvalue weighted by Gasteiger charge is 2.48. The number of rotatable bonds is 8. The molecule has 1 aliphatic heterocycles. The molecule has 0 spiro atoms. The molecule has 0 radical (unpaired) electrons. The minimum Gasteiger partial charge on any atom is -0.497 e. The van der Waals surface area contributed by atoms with Crippen molar-refractivity contribution in [2.45, 2.75) is 26.1 Å². The van der Waals surface area contributed by atoms with Crippen LogP contribution in [0.5, 0.6) is 17.2 Å². The maximum absolute atomic E-state index is 13.2. The van der Waals surface area contributed by atoms with Crippen LogP contribution in [0.25, 0.3) is 16.6 Å². The molecule has 5 aromatic rings. The molecule has 45 heavy (non-hydrogen) atoms.